The second kappa shape index (κ2) is 24.1. The first-order chi connectivity index (χ1) is 20.3. The predicted molar refractivity (Wildman–Crippen MR) is 187 cm³/mol. The molecule has 0 spiro atoms. The first-order valence-electron chi connectivity index (χ1n) is 18.4. The summed E-state index contributed by atoms with van der Waals surface area (Å²) in [7, 11) is 10.3. The van der Waals surface area contributed by atoms with Crippen molar-refractivity contribution < 1.29 is 18.9 Å². The third-order valence-corrected chi connectivity index (χ3v) is 11.2. The molecule has 4 rings (SSSR count). The van der Waals surface area contributed by atoms with E-state index in [1.54, 1.807) is 0 Å². The van der Waals surface area contributed by atoms with Crippen molar-refractivity contribution in [2.75, 3.05) is 0 Å². The van der Waals surface area contributed by atoms with Gasteiger partial charge in [-0.2, -0.15) is 0 Å². The van der Waals surface area contributed by atoms with Crippen molar-refractivity contribution in [2.45, 2.75) is 181 Å². The van der Waals surface area contributed by atoms with Gasteiger partial charge in [0.15, 0.2) is 0 Å². The van der Waals surface area contributed by atoms with Gasteiger partial charge in [0.05, 0.1) is 0 Å². The van der Waals surface area contributed by atoms with Crippen LogP contribution < -0.4 is 0 Å². The molecule has 4 aliphatic carbocycles. The summed E-state index contributed by atoms with van der Waals surface area (Å²) in [6, 6.07) is 0. The third-order valence-electron chi connectivity index (χ3n) is 11.2. The zero-order valence-corrected chi connectivity index (χ0v) is 31.9. The van der Waals surface area contributed by atoms with E-state index in [1.807, 2.05) is 0 Å². The first-order valence-corrected chi connectivity index (χ1v) is 26.5. The number of rotatable bonds is 8. The van der Waals surface area contributed by atoms with Gasteiger partial charge < -0.3 is 13.2 Å². The Labute approximate surface area is 278 Å². The Balaban J connectivity index is 0.000000261. The second-order valence-corrected chi connectivity index (χ2v) is 22.9. The predicted octanol–water partition coefficient (Wildman–Crippen LogP) is 14.0. The van der Waals surface area contributed by atoms with Crippen LogP contribution in [0.3, 0.4) is 0 Å². The van der Waals surface area contributed by atoms with Crippen LogP contribution in [0.5, 0.6) is 0 Å². The Hall–Kier alpha value is 0.813. The summed E-state index contributed by atoms with van der Waals surface area (Å²) in [4.78, 5) is 0. The summed E-state index contributed by atoms with van der Waals surface area (Å²) < 4.78 is 3.37. The zero-order valence-electron chi connectivity index (χ0n) is 28.0. The fourth-order valence-electron chi connectivity index (χ4n) is 9.21. The Kier molecular flexibility index (Phi) is 22.3. The van der Waals surface area contributed by atoms with Gasteiger partial charge in [0.2, 0.25) is 0 Å². The van der Waals surface area contributed by atoms with Crippen LogP contribution in [-0.2, 0) is 18.9 Å². The van der Waals surface area contributed by atoms with Crippen LogP contribution in [0.2, 0.25) is 0 Å². The molecule has 3 heteroatoms. The molecule has 0 bridgehead atoms. The van der Waals surface area contributed by atoms with E-state index in [9.17, 15) is 0 Å². The minimum absolute atomic E-state index is 1.02. The van der Waals surface area contributed by atoms with Gasteiger partial charge in [-0.15, -0.1) is 0 Å². The topological polar surface area (TPSA) is 0 Å². The molecular weight excluding hydrogens is 631 g/mol. The minimum atomic E-state index is -1.85. The van der Waals surface area contributed by atoms with Gasteiger partial charge in [0, 0.05) is 0 Å². The zero-order chi connectivity index (χ0) is 30.6. The number of hydrogen-bond acceptors (Lipinski definition) is 0. The van der Waals surface area contributed by atoms with Crippen molar-refractivity contribution >= 4 is 21.2 Å². The standard InChI is InChI=1S/2C19H33.CH2.2ClH.Zr/c2*1-16(2)10-8-13-17-11-6-4-3-5-7-12-18-14-9-15-19(17)18;;;;/h2*1,17-19H,3-15H2,2H3;1H2;2*1H;/q2*-1;;;;+2/p-2. The van der Waals surface area contributed by atoms with Crippen molar-refractivity contribution in [1.29, 1.82) is 0 Å². The maximum atomic E-state index is 5.83. The van der Waals surface area contributed by atoms with E-state index in [4.69, 9.17) is 30.2 Å². The Bertz CT molecular complexity index is 685. The number of fused-ring (bicyclic) bond motifs is 2. The number of allylic oxidation sites excluding steroid dienone is 2. The fourth-order valence-corrected chi connectivity index (χ4v) is 9.21. The van der Waals surface area contributed by atoms with Crippen LogP contribution in [0.25, 0.3) is 0 Å². The summed E-state index contributed by atoms with van der Waals surface area (Å²) >= 11 is -1.85. The van der Waals surface area contributed by atoms with Gasteiger partial charge in [-0.3, -0.25) is 11.1 Å². The molecule has 4 saturated carbocycles. The van der Waals surface area contributed by atoms with Gasteiger partial charge in [-0.25, -0.2) is 0 Å². The quantitative estimate of drug-likeness (QED) is 0.221. The first kappa shape index (κ1) is 39.0. The monoisotopic (exact) mass is 696 g/mol. The Morgan fingerprint density at radius 1 is 0.548 bits per heavy atom. The van der Waals surface area contributed by atoms with Crippen LogP contribution in [-0.4, -0.2) is 4.21 Å². The van der Waals surface area contributed by atoms with Crippen LogP contribution >= 0.6 is 17.0 Å². The molecule has 0 aromatic rings. The van der Waals surface area contributed by atoms with Crippen molar-refractivity contribution in [3.05, 3.63) is 24.3 Å². The molecule has 0 aliphatic heterocycles. The molecule has 0 heterocycles. The maximum absolute atomic E-state index is 5.83. The van der Waals surface area contributed by atoms with Crippen LogP contribution in [0.4, 0.5) is 0 Å². The van der Waals surface area contributed by atoms with Crippen molar-refractivity contribution in [3.63, 3.8) is 0 Å². The van der Waals surface area contributed by atoms with Crippen molar-refractivity contribution in [2.24, 2.45) is 35.5 Å². The van der Waals surface area contributed by atoms with Crippen molar-refractivity contribution in [1.82, 2.24) is 0 Å². The molecule has 0 amide bonds. The molecule has 0 radical (unpaired) electrons. The van der Waals surface area contributed by atoms with Gasteiger partial charge >= 0.3 is 40.1 Å². The molecule has 6 atom stereocenters. The molecule has 0 N–H and O–H groups in total. The molecule has 0 nitrogen and oxygen atoms in total. The molecule has 244 valence electrons. The van der Waals surface area contributed by atoms with Gasteiger partial charge in [-0.1, -0.05) is 155 Å². The van der Waals surface area contributed by atoms with E-state index in [0.29, 0.717) is 0 Å². The Morgan fingerprint density at radius 3 is 1.21 bits per heavy atom. The molecule has 42 heavy (non-hydrogen) atoms. The second-order valence-electron chi connectivity index (χ2n) is 14.7. The SMILES string of the molecule is [CH-]=C(C)CCCC1CCCCCCCC2CCCC12.[CH-]=C(C)CCCC1CCCCCCCC2CCCC12.[CH2]=[Zr]([Cl])[Cl]. The van der Waals surface area contributed by atoms with Gasteiger partial charge in [0.25, 0.3) is 0 Å². The fraction of sp³-hybridized carbons (Fsp3) is 0.872. The molecule has 6 unspecified atom stereocenters. The van der Waals surface area contributed by atoms with E-state index in [-0.39, 0.29) is 0 Å². The molecule has 0 aromatic carbocycles. The molecule has 4 fully saturated rings. The summed E-state index contributed by atoms with van der Waals surface area (Å²) in [5, 5.41) is 0. The van der Waals surface area contributed by atoms with Crippen molar-refractivity contribution in [3.8, 4) is 0 Å². The summed E-state index contributed by atoms with van der Waals surface area (Å²) in [5.74, 6) is 6.32. The van der Waals surface area contributed by atoms with Gasteiger partial charge in [-0.05, 0) is 61.2 Å². The molecule has 0 saturated heterocycles. The average Bonchev–Trinajstić information content (AvgIpc) is 3.60. The van der Waals surface area contributed by atoms with Crippen LogP contribution in [0.1, 0.15) is 181 Å². The van der Waals surface area contributed by atoms with E-state index in [2.05, 4.69) is 18.1 Å². The van der Waals surface area contributed by atoms with E-state index in [1.165, 1.54) is 154 Å². The van der Waals surface area contributed by atoms with Crippen LogP contribution in [0, 0.1) is 48.7 Å². The molecule has 4 aliphatic rings. The van der Waals surface area contributed by atoms with Crippen LogP contribution in [0.15, 0.2) is 11.1 Å². The van der Waals surface area contributed by atoms with E-state index in [0.717, 1.165) is 59.5 Å². The summed E-state index contributed by atoms with van der Waals surface area (Å²) in [6.07, 6.45) is 37.9. The normalized spacial score (nSPS) is 30.3. The Morgan fingerprint density at radius 2 is 0.857 bits per heavy atom. The third kappa shape index (κ3) is 17.5. The summed E-state index contributed by atoms with van der Waals surface area (Å²) in [5.41, 5.74) is 2.26. The summed E-state index contributed by atoms with van der Waals surface area (Å²) in [6.45, 7) is 15.8. The van der Waals surface area contributed by atoms with E-state index < -0.39 is 18.9 Å². The average molecular weight is 699 g/mol. The number of halogens is 2. The molecule has 0 aromatic heterocycles. The van der Waals surface area contributed by atoms with E-state index >= 15 is 0 Å². The van der Waals surface area contributed by atoms with Gasteiger partial charge in [0.1, 0.15) is 0 Å². The molecular formula is C39H68Cl2Zr-2. The number of hydrogen-bond donors (Lipinski definition) is 0.